The van der Waals surface area contributed by atoms with Gasteiger partial charge in [0, 0.05) is 12.4 Å². The second-order valence-electron chi connectivity index (χ2n) is 9.57. The van der Waals surface area contributed by atoms with Crippen LogP contribution in [0.3, 0.4) is 0 Å². The Kier molecular flexibility index (Phi) is 8.87. The van der Waals surface area contributed by atoms with Gasteiger partial charge in [0.1, 0.15) is 13.4 Å². The molecule has 0 radical (unpaired) electrons. The topological polar surface area (TPSA) is 91.3 Å². The molecule has 0 spiro atoms. The van der Waals surface area contributed by atoms with Crippen molar-refractivity contribution in [3.8, 4) is 0 Å². The third-order valence-electron chi connectivity index (χ3n) is 6.99. The number of hydrogen-bond acceptors (Lipinski definition) is 7. The Bertz CT molecular complexity index is 1440. The van der Waals surface area contributed by atoms with E-state index in [1.165, 1.54) is 12.2 Å². The Morgan fingerprint density at radius 1 is 0.900 bits per heavy atom. The molecule has 0 fully saturated rings. The molecule has 1 aromatic heterocycles. The first-order valence-electron chi connectivity index (χ1n) is 13.2. The fraction of sp³-hybridized carbons (Fsp3) is 0.290. The van der Waals surface area contributed by atoms with Gasteiger partial charge in [-0.15, -0.1) is 0 Å². The molecule has 2 heterocycles. The predicted molar refractivity (Wildman–Crippen MR) is 149 cm³/mol. The highest BCUT2D eigenvalue weighted by atomic mass is 16.7. The van der Waals surface area contributed by atoms with Crippen LogP contribution in [-0.4, -0.2) is 55.2 Å². The summed E-state index contributed by atoms with van der Waals surface area (Å²) in [6, 6.07) is 26.0. The number of carbonyl (C=O) groups excluding carboxylic acids is 2. The number of likely N-dealkylation sites (N-methyl/N-ethyl adjacent to an activating group) is 1. The van der Waals surface area contributed by atoms with Crippen molar-refractivity contribution in [2.45, 2.75) is 31.7 Å². The second-order valence-corrected chi connectivity index (χ2v) is 9.57. The van der Waals surface area contributed by atoms with Crippen LogP contribution in [0.15, 0.2) is 84.9 Å². The van der Waals surface area contributed by atoms with E-state index < -0.39 is 18.2 Å². The molecule has 208 valence electrons. The van der Waals surface area contributed by atoms with Gasteiger partial charge in [0.15, 0.2) is 0 Å². The molecular weight excluding hydrogens is 510 g/mol. The van der Waals surface area contributed by atoms with Crippen molar-refractivity contribution in [1.82, 2.24) is 14.9 Å². The van der Waals surface area contributed by atoms with Gasteiger partial charge >= 0.3 is 6.09 Å². The lowest BCUT2D eigenvalue weighted by Gasteiger charge is -2.33. The molecule has 5 rings (SSSR count). The van der Waals surface area contributed by atoms with E-state index in [9.17, 15) is 9.59 Å². The van der Waals surface area contributed by atoms with E-state index in [0.29, 0.717) is 24.2 Å². The number of nitrogens with one attached hydrogen (secondary N) is 1. The van der Waals surface area contributed by atoms with E-state index >= 15 is 0 Å². The fourth-order valence-corrected chi connectivity index (χ4v) is 5.03. The number of para-hydroxylation sites is 1. The summed E-state index contributed by atoms with van der Waals surface area (Å²) in [6.07, 6.45) is -0.116. The Morgan fingerprint density at radius 2 is 1.55 bits per heavy atom. The number of ether oxygens (including phenoxy) is 3. The zero-order chi connectivity index (χ0) is 27.9. The average Bonchev–Trinajstić information content (AvgIpc) is 3.34. The lowest BCUT2D eigenvalue weighted by Crippen LogP contribution is -2.51. The fourth-order valence-electron chi connectivity index (χ4n) is 5.03. The largest absolute Gasteiger partial charge is 0.444 e. The summed E-state index contributed by atoms with van der Waals surface area (Å²) in [5.41, 5.74) is 4.26. The lowest BCUT2D eigenvalue weighted by molar-refractivity contribution is -0.171. The first kappa shape index (κ1) is 27.5. The number of amides is 1. The molecule has 0 bridgehead atoms. The van der Waals surface area contributed by atoms with Gasteiger partial charge in [0.25, 0.3) is 5.91 Å². The summed E-state index contributed by atoms with van der Waals surface area (Å²) in [5.74, 6) is -0.220. The Labute approximate surface area is 233 Å². The van der Waals surface area contributed by atoms with E-state index in [4.69, 9.17) is 19.0 Å². The molecule has 4 aromatic rings. The normalized spacial score (nSPS) is 16.4. The molecule has 1 N–H and O–H groups in total. The van der Waals surface area contributed by atoms with Gasteiger partial charge < -0.3 is 14.2 Å². The van der Waals surface area contributed by atoms with Gasteiger partial charge in [-0.1, -0.05) is 78.9 Å². The van der Waals surface area contributed by atoms with E-state index in [2.05, 4.69) is 5.32 Å². The quantitative estimate of drug-likeness (QED) is 0.178. The summed E-state index contributed by atoms with van der Waals surface area (Å²) in [7, 11) is 3.03. The molecule has 40 heavy (non-hydrogen) atoms. The number of benzene rings is 3. The smallest absolute Gasteiger partial charge is 0.419 e. The predicted octanol–water partition coefficient (Wildman–Crippen LogP) is 4.59. The third-order valence-corrected chi connectivity index (χ3v) is 6.99. The standard InChI is InChI=1S/C31H33N3O6/c1-33(37-2)30(35)26-17-25-24-15-9-10-16-28(24)34(31(36)40-19-23-13-7-4-8-14-23)29(25)27(32-26)20-39-21-38-18-22-11-5-3-6-12-22/h3-16,26-27,32H,17-21H2,1-2H3/t26-,27-/m0/s1. The van der Waals surface area contributed by atoms with Crippen LogP contribution in [0.25, 0.3) is 10.9 Å². The first-order valence-corrected chi connectivity index (χ1v) is 13.2. The van der Waals surface area contributed by atoms with Gasteiger partial charge in [-0.3, -0.25) is 14.9 Å². The summed E-state index contributed by atoms with van der Waals surface area (Å²) in [6.45, 7) is 0.779. The maximum atomic E-state index is 13.6. The van der Waals surface area contributed by atoms with E-state index in [1.54, 1.807) is 11.6 Å². The van der Waals surface area contributed by atoms with Crippen LogP contribution in [0.1, 0.15) is 28.4 Å². The maximum Gasteiger partial charge on any atom is 0.419 e. The molecule has 2 atom stereocenters. The highest BCUT2D eigenvalue weighted by Gasteiger charge is 2.38. The maximum absolute atomic E-state index is 13.6. The van der Waals surface area contributed by atoms with Crippen LogP contribution in [0.2, 0.25) is 0 Å². The van der Waals surface area contributed by atoms with Crippen molar-refractivity contribution in [1.29, 1.82) is 0 Å². The highest BCUT2D eigenvalue weighted by Crippen LogP contribution is 2.35. The molecule has 1 aliphatic rings. The SMILES string of the molecule is CON(C)C(=O)[C@@H]1Cc2c(n(C(=O)OCc3ccccc3)c3ccccc23)[C@H](COCOCc2ccccc2)N1. The Hall–Kier alpha value is -4.02. The van der Waals surface area contributed by atoms with Crippen LogP contribution in [0, 0.1) is 0 Å². The number of hydrogen-bond donors (Lipinski definition) is 1. The molecular formula is C31H33N3O6. The van der Waals surface area contributed by atoms with Crippen LogP contribution >= 0.6 is 0 Å². The number of aromatic nitrogens is 1. The molecule has 1 aliphatic heterocycles. The van der Waals surface area contributed by atoms with Crippen molar-refractivity contribution >= 4 is 22.9 Å². The number of hydroxylamine groups is 2. The van der Waals surface area contributed by atoms with Crippen LogP contribution < -0.4 is 5.32 Å². The van der Waals surface area contributed by atoms with E-state index in [1.807, 2.05) is 84.9 Å². The molecule has 0 saturated heterocycles. The van der Waals surface area contributed by atoms with Crippen LogP contribution in [0.5, 0.6) is 0 Å². The monoisotopic (exact) mass is 543 g/mol. The summed E-state index contributed by atoms with van der Waals surface area (Å²) in [4.78, 5) is 31.9. The summed E-state index contributed by atoms with van der Waals surface area (Å²) in [5, 5.41) is 5.48. The van der Waals surface area contributed by atoms with E-state index in [0.717, 1.165) is 22.1 Å². The second kappa shape index (κ2) is 12.9. The minimum atomic E-state index is -0.573. The lowest BCUT2D eigenvalue weighted by atomic mass is 9.93. The molecule has 1 amide bonds. The number of nitrogens with zero attached hydrogens (tertiary/aromatic N) is 2. The van der Waals surface area contributed by atoms with Gasteiger partial charge in [-0.05, 0) is 29.2 Å². The molecule has 9 heteroatoms. The number of carbonyl (C=O) groups is 2. The van der Waals surface area contributed by atoms with Crippen molar-refractivity contribution in [2.24, 2.45) is 0 Å². The average molecular weight is 544 g/mol. The minimum absolute atomic E-state index is 0.0533. The summed E-state index contributed by atoms with van der Waals surface area (Å²) < 4.78 is 19.0. The molecule has 3 aromatic carbocycles. The van der Waals surface area contributed by atoms with Gasteiger partial charge in [0.05, 0.1) is 43.6 Å². The van der Waals surface area contributed by atoms with Crippen molar-refractivity contribution in [2.75, 3.05) is 27.6 Å². The number of fused-ring (bicyclic) bond motifs is 3. The number of rotatable bonds is 10. The van der Waals surface area contributed by atoms with Gasteiger partial charge in [0.2, 0.25) is 0 Å². The minimum Gasteiger partial charge on any atom is -0.444 e. The van der Waals surface area contributed by atoms with Gasteiger partial charge in [-0.2, -0.15) is 0 Å². The Morgan fingerprint density at radius 3 is 2.25 bits per heavy atom. The van der Waals surface area contributed by atoms with Crippen LogP contribution in [0.4, 0.5) is 4.79 Å². The molecule has 9 nitrogen and oxygen atoms in total. The third kappa shape index (κ3) is 6.08. The zero-order valence-corrected chi connectivity index (χ0v) is 22.6. The van der Waals surface area contributed by atoms with Gasteiger partial charge in [-0.25, -0.2) is 14.4 Å². The highest BCUT2D eigenvalue weighted by molar-refractivity contribution is 5.95. The van der Waals surface area contributed by atoms with Crippen LogP contribution in [-0.2, 0) is 43.5 Å². The zero-order valence-electron chi connectivity index (χ0n) is 22.6. The summed E-state index contributed by atoms with van der Waals surface area (Å²) >= 11 is 0. The molecule has 0 aliphatic carbocycles. The van der Waals surface area contributed by atoms with E-state index in [-0.39, 0.29) is 25.9 Å². The molecule has 0 unspecified atom stereocenters. The van der Waals surface area contributed by atoms with Crippen molar-refractivity contribution in [3.05, 3.63) is 107 Å². The van der Waals surface area contributed by atoms with Crippen molar-refractivity contribution < 1.29 is 28.6 Å². The molecule has 0 saturated carbocycles. The van der Waals surface area contributed by atoms with Crippen molar-refractivity contribution in [3.63, 3.8) is 0 Å². The first-order chi connectivity index (χ1) is 19.6. The Balaban J connectivity index is 1.41.